The van der Waals surface area contributed by atoms with Crippen LogP contribution in [0.1, 0.15) is 19.7 Å². The van der Waals surface area contributed by atoms with Gasteiger partial charge in [0.05, 0.1) is 5.69 Å². The van der Waals surface area contributed by atoms with Gasteiger partial charge in [-0.05, 0) is 12.0 Å². The number of benzene rings is 1. The molecular weight excluding hydrogens is 332 g/mol. The Balaban J connectivity index is 1.71. The summed E-state index contributed by atoms with van der Waals surface area (Å²) in [7, 11) is 0. The number of carbonyl (C=O) groups excluding carboxylic acids is 1. The van der Waals surface area contributed by atoms with Crippen molar-refractivity contribution in [2.75, 3.05) is 5.32 Å². The van der Waals surface area contributed by atoms with Crippen molar-refractivity contribution in [3.63, 3.8) is 0 Å². The quantitative estimate of drug-likeness (QED) is 0.704. The van der Waals surface area contributed by atoms with Gasteiger partial charge in [0.15, 0.2) is 0 Å². The monoisotopic (exact) mass is 352 g/mol. The molecule has 2 aromatic heterocycles. The number of aromatic nitrogens is 5. The van der Waals surface area contributed by atoms with Crippen LogP contribution in [-0.4, -0.2) is 30.9 Å². The highest BCUT2D eigenvalue weighted by Gasteiger charge is 2.11. The van der Waals surface area contributed by atoms with Gasteiger partial charge in [0.1, 0.15) is 12.4 Å². The summed E-state index contributed by atoms with van der Waals surface area (Å²) in [6.07, 6.45) is 0.739. The summed E-state index contributed by atoms with van der Waals surface area (Å²) in [5.74, 6) is 0.907. The zero-order valence-electron chi connectivity index (χ0n) is 14.6. The van der Waals surface area contributed by atoms with Crippen LogP contribution in [0.4, 0.5) is 5.95 Å². The van der Waals surface area contributed by atoms with Gasteiger partial charge in [0.25, 0.3) is 5.56 Å². The van der Waals surface area contributed by atoms with E-state index in [1.807, 2.05) is 30.3 Å². The van der Waals surface area contributed by atoms with Crippen LogP contribution >= 0.6 is 0 Å². The number of anilines is 1. The maximum absolute atomic E-state index is 12.2. The molecule has 0 aliphatic heterocycles. The van der Waals surface area contributed by atoms with Crippen molar-refractivity contribution >= 4 is 11.9 Å². The van der Waals surface area contributed by atoms with Gasteiger partial charge < -0.3 is 0 Å². The van der Waals surface area contributed by atoms with E-state index >= 15 is 0 Å². The van der Waals surface area contributed by atoms with E-state index in [0.29, 0.717) is 17.4 Å². The summed E-state index contributed by atoms with van der Waals surface area (Å²) in [6, 6.07) is 12.5. The average molecular weight is 352 g/mol. The molecule has 0 radical (unpaired) electrons. The summed E-state index contributed by atoms with van der Waals surface area (Å²) in [5, 5.41) is 13.6. The van der Waals surface area contributed by atoms with Gasteiger partial charge in [-0.15, -0.1) is 5.10 Å². The smallest absolute Gasteiger partial charge is 0.267 e. The number of carbonyl (C=O) groups is 1. The van der Waals surface area contributed by atoms with Crippen LogP contribution in [-0.2, 0) is 17.8 Å². The van der Waals surface area contributed by atoms with E-state index in [1.54, 1.807) is 6.07 Å². The first kappa shape index (κ1) is 17.5. The highest BCUT2D eigenvalue weighted by molar-refractivity contribution is 5.88. The van der Waals surface area contributed by atoms with Gasteiger partial charge >= 0.3 is 0 Å². The predicted molar refractivity (Wildman–Crippen MR) is 97.5 cm³/mol. The van der Waals surface area contributed by atoms with Gasteiger partial charge in [-0.2, -0.15) is 10.1 Å². The van der Waals surface area contributed by atoms with Gasteiger partial charge in [0, 0.05) is 18.1 Å². The second kappa shape index (κ2) is 7.73. The first-order valence-electron chi connectivity index (χ1n) is 8.36. The number of nitrogens with one attached hydrogen (secondary N) is 2. The molecule has 3 rings (SSSR count). The van der Waals surface area contributed by atoms with Gasteiger partial charge in [0.2, 0.25) is 11.9 Å². The lowest BCUT2D eigenvalue weighted by Gasteiger charge is -2.06. The first-order valence-corrected chi connectivity index (χ1v) is 8.36. The Kier molecular flexibility index (Phi) is 5.21. The van der Waals surface area contributed by atoms with E-state index in [9.17, 15) is 9.59 Å². The van der Waals surface area contributed by atoms with Crippen LogP contribution in [0, 0.1) is 5.92 Å². The Morgan fingerprint density at radius 3 is 2.69 bits per heavy atom. The van der Waals surface area contributed by atoms with Crippen LogP contribution in [0.2, 0.25) is 0 Å². The van der Waals surface area contributed by atoms with Crippen LogP contribution in [0.3, 0.4) is 0 Å². The molecule has 0 aliphatic carbocycles. The van der Waals surface area contributed by atoms with E-state index in [2.05, 4.69) is 39.4 Å². The number of hydrogen-bond acceptors (Lipinski definition) is 5. The van der Waals surface area contributed by atoms with Gasteiger partial charge in [-0.3, -0.25) is 20.0 Å². The third-order valence-corrected chi connectivity index (χ3v) is 3.61. The van der Waals surface area contributed by atoms with Crippen LogP contribution < -0.4 is 10.9 Å². The molecule has 1 amide bonds. The Hall–Kier alpha value is -3.29. The number of aromatic amines is 1. The van der Waals surface area contributed by atoms with E-state index < -0.39 is 5.91 Å². The molecule has 0 saturated carbocycles. The van der Waals surface area contributed by atoms with Gasteiger partial charge in [-0.25, -0.2) is 4.68 Å². The molecule has 3 aromatic rings. The molecular formula is C18H20N6O2. The second-order valence-electron chi connectivity index (χ2n) is 6.33. The maximum Gasteiger partial charge on any atom is 0.267 e. The van der Waals surface area contributed by atoms with Crippen LogP contribution in [0.15, 0.2) is 47.3 Å². The standard InChI is InChI=1S/C18H20N6O2/c1-12(2)10-15-19-18(22-21-15)20-16(25)11-24-17(26)9-8-14(23-24)13-6-4-3-5-7-13/h3-9,12H,10-11H2,1-2H3,(H2,19,20,21,22,25). The topological polar surface area (TPSA) is 106 Å². The number of hydrogen-bond donors (Lipinski definition) is 2. The predicted octanol–water partition coefficient (Wildman–Crippen LogP) is 1.87. The number of H-pyrrole nitrogens is 1. The summed E-state index contributed by atoms with van der Waals surface area (Å²) < 4.78 is 1.12. The molecule has 8 nitrogen and oxygen atoms in total. The summed E-state index contributed by atoms with van der Waals surface area (Å²) in [5.41, 5.74) is 1.14. The fraction of sp³-hybridized carbons (Fsp3) is 0.278. The van der Waals surface area contributed by atoms with Crippen molar-refractivity contribution in [2.24, 2.45) is 5.92 Å². The first-order chi connectivity index (χ1) is 12.5. The Bertz CT molecular complexity index is 946. The minimum absolute atomic E-state index is 0.193. The zero-order chi connectivity index (χ0) is 18.5. The molecule has 0 unspecified atom stereocenters. The minimum atomic E-state index is -0.417. The Labute approximate surface area is 150 Å². The van der Waals surface area contributed by atoms with Crippen molar-refractivity contribution in [2.45, 2.75) is 26.8 Å². The average Bonchev–Trinajstić information content (AvgIpc) is 3.03. The number of nitrogens with zero attached hydrogens (tertiary/aromatic N) is 4. The molecule has 0 atom stereocenters. The third kappa shape index (κ3) is 4.41. The fourth-order valence-electron chi connectivity index (χ4n) is 2.45. The molecule has 2 heterocycles. The molecule has 0 bridgehead atoms. The third-order valence-electron chi connectivity index (χ3n) is 3.61. The molecule has 0 fully saturated rings. The molecule has 8 heteroatoms. The largest absolute Gasteiger partial charge is 0.292 e. The Morgan fingerprint density at radius 2 is 1.96 bits per heavy atom. The molecule has 134 valence electrons. The summed E-state index contributed by atoms with van der Waals surface area (Å²) in [6.45, 7) is 3.92. The maximum atomic E-state index is 12.2. The molecule has 0 spiro atoms. The lowest BCUT2D eigenvalue weighted by atomic mass is 10.1. The lowest BCUT2D eigenvalue weighted by molar-refractivity contribution is -0.117. The highest BCUT2D eigenvalue weighted by Crippen LogP contribution is 2.14. The molecule has 0 saturated heterocycles. The zero-order valence-corrected chi connectivity index (χ0v) is 14.6. The van der Waals surface area contributed by atoms with Crippen molar-refractivity contribution in [1.29, 1.82) is 0 Å². The number of amides is 1. The minimum Gasteiger partial charge on any atom is -0.292 e. The highest BCUT2D eigenvalue weighted by atomic mass is 16.2. The molecule has 1 aromatic carbocycles. The van der Waals surface area contributed by atoms with E-state index in [0.717, 1.165) is 16.7 Å². The Morgan fingerprint density at radius 1 is 1.19 bits per heavy atom. The summed E-state index contributed by atoms with van der Waals surface area (Å²) in [4.78, 5) is 28.4. The molecule has 2 N–H and O–H groups in total. The van der Waals surface area contributed by atoms with Crippen molar-refractivity contribution in [1.82, 2.24) is 25.0 Å². The van der Waals surface area contributed by atoms with E-state index in [4.69, 9.17) is 0 Å². The lowest BCUT2D eigenvalue weighted by Crippen LogP contribution is -2.29. The van der Waals surface area contributed by atoms with Crippen molar-refractivity contribution < 1.29 is 4.79 Å². The normalized spacial score (nSPS) is 10.9. The van der Waals surface area contributed by atoms with Crippen molar-refractivity contribution in [3.8, 4) is 11.3 Å². The van der Waals surface area contributed by atoms with Crippen LogP contribution in [0.5, 0.6) is 0 Å². The molecule has 26 heavy (non-hydrogen) atoms. The fourth-order valence-corrected chi connectivity index (χ4v) is 2.45. The van der Waals surface area contributed by atoms with E-state index in [-0.39, 0.29) is 18.1 Å². The number of rotatable bonds is 6. The van der Waals surface area contributed by atoms with Gasteiger partial charge in [-0.1, -0.05) is 44.2 Å². The second-order valence-corrected chi connectivity index (χ2v) is 6.33. The molecule has 0 aliphatic rings. The van der Waals surface area contributed by atoms with Crippen LogP contribution in [0.25, 0.3) is 11.3 Å². The van der Waals surface area contributed by atoms with E-state index in [1.165, 1.54) is 6.07 Å². The summed E-state index contributed by atoms with van der Waals surface area (Å²) >= 11 is 0. The SMILES string of the molecule is CC(C)Cc1nc(NC(=O)Cn2nc(-c3ccccc3)ccc2=O)n[nH]1. The van der Waals surface area contributed by atoms with Crippen molar-refractivity contribution in [3.05, 3.63) is 58.6 Å².